The average Bonchev–Trinajstić information content (AvgIpc) is 2.48. The Balaban J connectivity index is 1.92. The zero-order valence-electron chi connectivity index (χ0n) is 12.3. The molecule has 2 rings (SSSR count). The van der Waals surface area contributed by atoms with Gasteiger partial charge in [0.15, 0.2) is 5.78 Å². The van der Waals surface area contributed by atoms with Gasteiger partial charge in [0.1, 0.15) is 0 Å². The molecule has 0 saturated heterocycles. The van der Waals surface area contributed by atoms with Gasteiger partial charge in [-0.05, 0) is 24.8 Å². The molecule has 0 heterocycles. The molecule has 2 aromatic rings. The number of benzene rings is 2. The lowest BCUT2D eigenvalue weighted by Crippen LogP contribution is -2.24. The first-order valence-electron chi connectivity index (χ1n) is 7.23. The molecule has 0 unspecified atom stereocenters. The highest BCUT2D eigenvalue weighted by Gasteiger charge is 2.27. The molecule has 20 heavy (non-hydrogen) atoms. The van der Waals surface area contributed by atoms with E-state index < -0.39 is 0 Å². The standard InChI is InChI=1S/C19H22O/c1-19(2,18(20)17-13-7-4-8-14-17)15-9-12-16-10-5-3-6-11-16/h3-8,10-11,13-14H,9,12,15H2,1-2H3. The van der Waals surface area contributed by atoms with E-state index in [0.717, 1.165) is 24.8 Å². The van der Waals surface area contributed by atoms with Crippen molar-refractivity contribution in [2.45, 2.75) is 33.1 Å². The van der Waals surface area contributed by atoms with Gasteiger partial charge in [0.2, 0.25) is 0 Å². The van der Waals surface area contributed by atoms with Crippen molar-refractivity contribution >= 4 is 5.78 Å². The van der Waals surface area contributed by atoms with E-state index in [0.29, 0.717) is 0 Å². The number of rotatable bonds is 6. The molecule has 0 spiro atoms. The second-order valence-electron chi connectivity index (χ2n) is 5.92. The third-order valence-corrected chi connectivity index (χ3v) is 3.76. The molecule has 0 atom stereocenters. The number of hydrogen-bond donors (Lipinski definition) is 0. The van der Waals surface area contributed by atoms with Crippen molar-refractivity contribution in [1.29, 1.82) is 0 Å². The molecule has 0 fully saturated rings. The number of carbonyl (C=O) groups is 1. The largest absolute Gasteiger partial charge is 0.294 e. The molecule has 1 nitrogen and oxygen atoms in total. The Morgan fingerprint density at radius 2 is 1.45 bits per heavy atom. The first-order valence-corrected chi connectivity index (χ1v) is 7.23. The fourth-order valence-electron chi connectivity index (χ4n) is 2.47. The van der Waals surface area contributed by atoms with E-state index in [-0.39, 0.29) is 11.2 Å². The fraction of sp³-hybridized carbons (Fsp3) is 0.316. The predicted octanol–water partition coefficient (Wildman–Crippen LogP) is 4.92. The fourth-order valence-corrected chi connectivity index (χ4v) is 2.47. The lowest BCUT2D eigenvalue weighted by molar-refractivity contribution is 0.0824. The van der Waals surface area contributed by atoms with Crippen LogP contribution >= 0.6 is 0 Å². The molecule has 0 N–H and O–H groups in total. The molecule has 0 aliphatic heterocycles. The highest BCUT2D eigenvalue weighted by Crippen LogP contribution is 2.28. The topological polar surface area (TPSA) is 17.1 Å². The van der Waals surface area contributed by atoms with Crippen molar-refractivity contribution in [2.75, 3.05) is 0 Å². The van der Waals surface area contributed by atoms with Crippen molar-refractivity contribution in [2.24, 2.45) is 5.41 Å². The SMILES string of the molecule is CC(C)(CCCc1ccccc1)C(=O)c1ccccc1. The van der Waals surface area contributed by atoms with Crippen LogP contribution in [0.25, 0.3) is 0 Å². The minimum atomic E-state index is -0.296. The van der Waals surface area contributed by atoms with Crippen LogP contribution in [0.2, 0.25) is 0 Å². The van der Waals surface area contributed by atoms with Crippen molar-refractivity contribution in [3.63, 3.8) is 0 Å². The van der Waals surface area contributed by atoms with Gasteiger partial charge in [0.05, 0.1) is 0 Å². The van der Waals surface area contributed by atoms with E-state index >= 15 is 0 Å². The maximum Gasteiger partial charge on any atom is 0.168 e. The molecule has 0 amide bonds. The Labute approximate surface area is 121 Å². The maximum absolute atomic E-state index is 12.5. The molecule has 0 aliphatic rings. The van der Waals surface area contributed by atoms with Crippen LogP contribution in [0.1, 0.15) is 42.6 Å². The Morgan fingerprint density at radius 3 is 2.05 bits per heavy atom. The summed E-state index contributed by atoms with van der Waals surface area (Å²) in [5.74, 6) is 0.242. The van der Waals surface area contributed by atoms with Gasteiger partial charge >= 0.3 is 0 Å². The summed E-state index contributed by atoms with van der Waals surface area (Å²) in [5, 5.41) is 0. The average molecular weight is 266 g/mol. The second kappa shape index (κ2) is 6.51. The van der Waals surface area contributed by atoms with Crippen LogP contribution in [-0.4, -0.2) is 5.78 Å². The van der Waals surface area contributed by atoms with E-state index in [4.69, 9.17) is 0 Å². The summed E-state index contributed by atoms with van der Waals surface area (Å²) >= 11 is 0. The minimum Gasteiger partial charge on any atom is -0.294 e. The second-order valence-corrected chi connectivity index (χ2v) is 5.92. The Hall–Kier alpha value is -1.89. The molecule has 0 saturated carbocycles. The molecule has 0 radical (unpaired) electrons. The molecule has 2 aromatic carbocycles. The van der Waals surface area contributed by atoms with Gasteiger partial charge < -0.3 is 0 Å². The zero-order valence-corrected chi connectivity index (χ0v) is 12.3. The highest BCUT2D eigenvalue weighted by molar-refractivity contribution is 5.99. The normalized spacial score (nSPS) is 11.3. The smallest absolute Gasteiger partial charge is 0.168 e. The Bertz CT molecular complexity index is 540. The van der Waals surface area contributed by atoms with E-state index in [2.05, 4.69) is 24.3 Å². The summed E-state index contributed by atoms with van der Waals surface area (Å²) in [7, 11) is 0. The highest BCUT2D eigenvalue weighted by atomic mass is 16.1. The quantitative estimate of drug-likeness (QED) is 0.678. The van der Waals surface area contributed by atoms with Crippen molar-refractivity contribution in [3.05, 3.63) is 71.8 Å². The third-order valence-electron chi connectivity index (χ3n) is 3.76. The van der Waals surface area contributed by atoms with Gasteiger partial charge in [0, 0.05) is 11.0 Å². The van der Waals surface area contributed by atoms with Crippen LogP contribution < -0.4 is 0 Å². The summed E-state index contributed by atoms with van der Waals surface area (Å²) in [4.78, 5) is 12.5. The van der Waals surface area contributed by atoms with E-state index in [1.165, 1.54) is 5.56 Å². The van der Waals surface area contributed by atoms with Gasteiger partial charge in [-0.15, -0.1) is 0 Å². The number of ketones is 1. The number of hydrogen-bond acceptors (Lipinski definition) is 1. The van der Waals surface area contributed by atoms with Crippen molar-refractivity contribution < 1.29 is 4.79 Å². The molecule has 0 bridgehead atoms. The van der Waals surface area contributed by atoms with Crippen LogP contribution in [0, 0.1) is 5.41 Å². The Morgan fingerprint density at radius 1 is 0.900 bits per heavy atom. The van der Waals surface area contributed by atoms with Gasteiger partial charge in [-0.25, -0.2) is 0 Å². The predicted molar refractivity (Wildman–Crippen MR) is 83.9 cm³/mol. The van der Waals surface area contributed by atoms with Crippen LogP contribution in [0.5, 0.6) is 0 Å². The number of carbonyl (C=O) groups excluding carboxylic acids is 1. The van der Waals surface area contributed by atoms with Crippen LogP contribution in [0.15, 0.2) is 60.7 Å². The van der Waals surface area contributed by atoms with Crippen LogP contribution in [0.3, 0.4) is 0 Å². The monoisotopic (exact) mass is 266 g/mol. The van der Waals surface area contributed by atoms with E-state index in [9.17, 15) is 4.79 Å². The van der Waals surface area contributed by atoms with Crippen LogP contribution in [-0.2, 0) is 6.42 Å². The molecule has 0 aromatic heterocycles. The van der Waals surface area contributed by atoms with Crippen LogP contribution in [0.4, 0.5) is 0 Å². The van der Waals surface area contributed by atoms with Gasteiger partial charge in [-0.3, -0.25) is 4.79 Å². The minimum absolute atomic E-state index is 0.242. The third kappa shape index (κ3) is 3.80. The number of aryl methyl sites for hydroxylation is 1. The summed E-state index contributed by atoms with van der Waals surface area (Å²) in [5.41, 5.74) is 1.86. The number of Topliss-reactive ketones (excluding diaryl/α,β-unsaturated/α-hetero) is 1. The van der Waals surface area contributed by atoms with Crippen molar-refractivity contribution in [3.8, 4) is 0 Å². The zero-order chi connectivity index (χ0) is 14.4. The lowest BCUT2D eigenvalue weighted by atomic mass is 9.79. The molecule has 1 heteroatoms. The lowest BCUT2D eigenvalue weighted by Gasteiger charge is -2.23. The summed E-state index contributed by atoms with van der Waals surface area (Å²) in [6.45, 7) is 4.10. The van der Waals surface area contributed by atoms with Crippen molar-refractivity contribution in [1.82, 2.24) is 0 Å². The molecular weight excluding hydrogens is 244 g/mol. The molecule has 104 valence electrons. The van der Waals surface area contributed by atoms with Gasteiger partial charge in [-0.1, -0.05) is 74.5 Å². The maximum atomic E-state index is 12.5. The first-order chi connectivity index (χ1) is 9.59. The van der Waals surface area contributed by atoms with E-state index in [1.54, 1.807) is 0 Å². The van der Waals surface area contributed by atoms with Gasteiger partial charge in [-0.2, -0.15) is 0 Å². The Kier molecular flexibility index (Phi) is 4.73. The molecular formula is C19H22O. The first kappa shape index (κ1) is 14.5. The molecule has 0 aliphatic carbocycles. The summed E-state index contributed by atoms with van der Waals surface area (Å²) < 4.78 is 0. The summed E-state index contributed by atoms with van der Waals surface area (Å²) in [6.07, 6.45) is 2.98. The summed E-state index contributed by atoms with van der Waals surface area (Å²) in [6, 6.07) is 20.1. The van der Waals surface area contributed by atoms with Gasteiger partial charge in [0.25, 0.3) is 0 Å². The van der Waals surface area contributed by atoms with E-state index in [1.807, 2.05) is 50.2 Å².